The molecule has 1 aliphatic carbocycles. The van der Waals surface area contributed by atoms with E-state index in [0.717, 1.165) is 0 Å². The van der Waals surface area contributed by atoms with E-state index in [1.165, 1.54) is 16.7 Å². The van der Waals surface area contributed by atoms with Crippen LogP contribution in [0.3, 0.4) is 0 Å². The molecule has 78 valence electrons. The van der Waals surface area contributed by atoms with Crippen LogP contribution in [0, 0.1) is 5.41 Å². The number of aldehydes is 1. The molecule has 2 rings (SSSR count). The lowest BCUT2D eigenvalue weighted by atomic mass is 10.0. The number of benzene rings is 1. The molecule has 0 amide bonds. The van der Waals surface area contributed by atoms with Crippen molar-refractivity contribution < 1.29 is 4.79 Å². The normalized spacial score (nSPS) is 17.4. The molecule has 0 fully saturated rings. The van der Waals surface area contributed by atoms with Crippen LogP contribution >= 0.6 is 0 Å². The number of rotatable bonds is 4. The number of hydrogen-bond donors (Lipinski definition) is 1. The minimum absolute atomic E-state index is 0.197. The van der Waals surface area contributed by atoms with E-state index in [4.69, 9.17) is 5.41 Å². The molecule has 0 bridgehead atoms. The third-order valence-electron chi connectivity index (χ3n) is 3.01. The van der Waals surface area contributed by atoms with Gasteiger partial charge in [0, 0.05) is 12.3 Å². The fourth-order valence-corrected chi connectivity index (χ4v) is 1.97. The van der Waals surface area contributed by atoms with Crippen LogP contribution in [0.1, 0.15) is 48.8 Å². The number of nitrogens with one attached hydrogen (secondary N) is 1. The van der Waals surface area contributed by atoms with Crippen LogP contribution in [0.15, 0.2) is 18.2 Å². The van der Waals surface area contributed by atoms with Crippen LogP contribution < -0.4 is 0 Å². The van der Waals surface area contributed by atoms with Crippen molar-refractivity contribution in [2.75, 3.05) is 0 Å². The summed E-state index contributed by atoms with van der Waals surface area (Å²) < 4.78 is 0. The Morgan fingerprint density at radius 2 is 2.20 bits per heavy atom. The Balaban J connectivity index is 2.11. The fourth-order valence-electron chi connectivity index (χ4n) is 1.97. The molecule has 1 unspecified atom stereocenters. The molecule has 1 aromatic carbocycles. The zero-order valence-corrected chi connectivity index (χ0v) is 9.08. The zero-order valence-electron chi connectivity index (χ0n) is 9.08. The van der Waals surface area contributed by atoms with E-state index in [0.29, 0.717) is 24.5 Å². The third-order valence-corrected chi connectivity index (χ3v) is 3.01. The second-order valence-corrected chi connectivity index (χ2v) is 4.44. The summed E-state index contributed by atoms with van der Waals surface area (Å²) in [5.41, 5.74) is 4.18. The van der Waals surface area contributed by atoms with Gasteiger partial charge in [0.15, 0.2) is 6.29 Å². The molecular weight excluding hydrogens is 186 g/mol. The van der Waals surface area contributed by atoms with Crippen LogP contribution in [0.25, 0.3) is 0 Å². The molecule has 15 heavy (non-hydrogen) atoms. The number of fused-ring (bicyclic) bond motifs is 1. The highest BCUT2D eigenvalue weighted by molar-refractivity contribution is 6.27. The van der Waals surface area contributed by atoms with Crippen LogP contribution in [-0.2, 0) is 4.79 Å². The van der Waals surface area contributed by atoms with E-state index >= 15 is 0 Å². The number of carbonyl (C=O) groups is 1. The van der Waals surface area contributed by atoms with Crippen LogP contribution in [0.2, 0.25) is 0 Å². The SMILES string of the molecule is CC(C)c1ccc2c(c1)C2CC(=N)C=O. The van der Waals surface area contributed by atoms with Crippen molar-refractivity contribution >= 4 is 12.0 Å². The Kier molecular flexibility index (Phi) is 2.43. The van der Waals surface area contributed by atoms with E-state index in [1.807, 2.05) is 0 Å². The van der Waals surface area contributed by atoms with E-state index in [-0.39, 0.29) is 5.71 Å². The molecule has 2 heteroatoms. The standard InChI is InChI=1S/C13H15NO/c1-8(2)9-3-4-11-12(5-9)13(11)6-10(14)7-15/h3-5,7-8,13-14H,6H2,1-2H3. The highest BCUT2D eigenvalue weighted by Crippen LogP contribution is 2.46. The van der Waals surface area contributed by atoms with Crippen molar-refractivity contribution in [3.05, 3.63) is 34.9 Å². The van der Waals surface area contributed by atoms with Gasteiger partial charge in [-0.1, -0.05) is 32.0 Å². The fraction of sp³-hybridized carbons (Fsp3) is 0.385. The predicted octanol–water partition coefficient (Wildman–Crippen LogP) is 2.86. The highest BCUT2D eigenvalue weighted by atomic mass is 16.1. The lowest BCUT2D eigenvalue weighted by molar-refractivity contribution is -0.102. The van der Waals surface area contributed by atoms with E-state index in [9.17, 15) is 4.79 Å². The van der Waals surface area contributed by atoms with Gasteiger partial charge in [0.05, 0.1) is 5.71 Å². The van der Waals surface area contributed by atoms with Gasteiger partial charge in [0.25, 0.3) is 0 Å². The second-order valence-electron chi connectivity index (χ2n) is 4.44. The van der Waals surface area contributed by atoms with Crippen molar-refractivity contribution in [2.24, 2.45) is 0 Å². The van der Waals surface area contributed by atoms with E-state index in [1.54, 1.807) is 0 Å². The van der Waals surface area contributed by atoms with Gasteiger partial charge in [-0.15, -0.1) is 0 Å². The van der Waals surface area contributed by atoms with Gasteiger partial charge < -0.3 is 5.41 Å². The average Bonchev–Trinajstić information content (AvgIpc) is 2.90. The summed E-state index contributed by atoms with van der Waals surface area (Å²) in [4.78, 5) is 10.4. The lowest BCUT2D eigenvalue weighted by Gasteiger charge is -2.01. The summed E-state index contributed by atoms with van der Waals surface area (Å²) in [7, 11) is 0. The van der Waals surface area contributed by atoms with Crippen molar-refractivity contribution in [1.29, 1.82) is 5.41 Å². The highest BCUT2D eigenvalue weighted by Gasteiger charge is 2.33. The van der Waals surface area contributed by atoms with E-state index in [2.05, 4.69) is 32.0 Å². The maximum absolute atomic E-state index is 10.4. The summed E-state index contributed by atoms with van der Waals surface area (Å²) in [6, 6.07) is 6.49. The molecule has 0 aliphatic heterocycles. The molecule has 1 atom stereocenters. The van der Waals surface area contributed by atoms with Crippen molar-refractivity contribution in [3.63, 3.8) is 0 Å². The first kappa shape index (κ1) is 10.1. The zero-order chi connectivity index (χ0) is 11.0. The van der Waals surface area contributed by atoms with Gasteiger partial charge in [0.1, 0.15) is 0 Å². The van der Waals surface area contributed by atoms with Gasteiger partial charge in [-0.05, 0) is 22.6 Å². The molecule has 0 saturated heterocycles. The first-order valence-corrected chi connectivity index (χ1v) is 5.29. The molecule has 2 nitrogen and oxygen atoms in total. The maximum atomic E-state index is 10.4. The largest absolute Gasteiger partial charge is 0.302 e. The van der Waals surface area contributed by atoms with Crippen molar-refractivity contribution in [3.8, 4) is 0 Å². The van der Waals surface area contributed by atoms with Gasteiger partial charge in [-0.2, -0.15) is 0 Å². The monoisotopic (exact) mass is 201 g/mol. The third kappa shape index (κ3) is 1.84. The van der Waals surface area contributed by atoms with Gasteiger partial charge >= 0.3 is 0 Å². The van der Waals surface area contributed by atoms with E-state index < -0.39 is 0 Å². The van der Waals surface area contributed by atoms with Crippen LogP contribution in [-0.4, -0.2) is 12.0 Å². The average molecular weight is 201 g/mol. The Morgan fingerprint density at radius 3 is 2.80 bits per heavy atom. The maximum Gasteiger partial charge on any atom is 0.163 e. The summed E-state index contributed by atoms with van der Waals surface area (Å²) in [5.74, 6) is 0.886. The first-order valence-electron chi connectivity index (χ1n) is 5.29. The van der Waals surface area contributed by atoms with Crippen molar-refractivity contribution in [2.45, 2.75) is 32.1 Å². The summed E-state index contributed by atoms with van der Waals surface area (Å²) in [5, 5.41) is 7.35. The Morgan fingerprint density at radius 1 is 1.47 bits per heavy atom. The van der Waals surface area contributed by atoms with Gasteiger partial charge in [-0.3, -0.25) is 4.79 Å². The molecule has 0 radical (unpaired) electrons. The lowest BCUT2D eigenvalue weighted by Crippen LogP contribution is -1.97. The Bertz CT molecular complexity index is 421. The number of carbonyl (C=O) groups excluding carboxylic acids is 1. The van der Waals surface area contributed by atoms with Gasteiger partial charge in [-0.25, -0.2) is 0 Å². The summed E-state index contributed by atoms with van der Waals surface area (Å²) in [6.45, 7) is 4.35. The molecule has 1 N–H and O–H groups in total. The van der Waals surface area contributed by atoms with Crippen molar-refractivity contribution in [1.82, 2.24) is 0 Å². The second kappa shape index (κ2) is 3.61. The molecule has 1 aliphatic rings. The molecule has 0 aromatic heterocycles. The first-order chi connectivity index (χ1) is 7.13. The smallest absolute Gasteiger partial charge is 0.163 e. The van der Waals surface area contributed by atoms with Gasteiger partial charge in [0.2, 0.25) is 0 Å². The summed E-state index contributed by atoms with van der Waals surface area (Å²) >= 11 is 0. The molecule has 1 aromatic rings. The minimum Gasteiger partial charge on any atom is -0.302 e. The predicted molar refractivity (Wildman–Crippen MR) is 60.8 cm³/mol. The molecule has 0 heterocycles. The Hall–Kier alpha value is -1.44. The van der Waals surface area contributed by atoms with Crippen LogP contribution in [0.4, 0.5) is 0 Å². The Labute approximate surface area is 89.8 Å². The number of hydrogen-bond acceptors (Lipinski definition) is 2. The quantitative estimate of drug-likeness (QED) is 0.590. The molecular formula is C13H15NO. The minimum atomic E-state index is 0.197. The summed E-state index contributed by atoms with van der Waals surface area (Å²) in [6.07, 6.45) is 1.21. The van der Waals surface area contributed by atoms with Crippen LogP contribution in [0.5, 0.6) is 0 Å². The molecule has 0 saturated carbocycles. The topological polar surface area (TPSA) is 40.9 Å². The molecule has 0 spiro atoms.